The Morgan fingerprint density at radius 3 is 2.38 bits per heavy atom. The Morgan fingerprint density at radius 2 is 1.75 bits per heavy atom. The molecule has 1 atom stereocenters. The SMILES string of the molecule is NC[C@H]1CCN(C(=O)c2ccccc2C(=O)c2ccc(Cl)cc2)C1. The van der Waals surface area contributed by atoms with Gasteiger partial charge in [-0.1, -0.05) is 29.8 Å². The van der Waals surface area contributed by atoms with Crippen LogP contribution >= 0.6 is 11.6 Å². The standard InChI is InChI=1S/C19H19ClN2O2/c20-15-7-5-14(6-8-15)18(23)16-3-1-2-4-17(16)19(24)22-10-9-13(11-21)12-22/h1-8,13H,9-12,21H2/t13-/m1/s1. The van der Waals surface area contributed by atoms with Crippen LogP contribution in [0.2, 0.25) is 5.02 Å². The van der Waals surface area contributed by atoms with Crippen molar-refractivity contribution in [1.29, 1.82) is 0 Å². The van der Waals surface area contributed by atoms with Crippen molar-refractivity contribution in [1.82, 2.24) is 4.90 Å². The van der Waals surface area contributed by atoms with Crippen LogP contribution in [0.15, 0.2) is 48.5 Å². The Bertz CT molecular complexity index is 758. The number of halogens is 1. The Balaban J connectivity index is 1.89. The quantitative estimate of drug-likeness (QED) is 0.869. The first kappa shape index (κ1) is 16.7. The van der Waals surface area contributed by atoms with Gasteiger partial charge < -0.3 is 10.6 Å². The van der Waals surface area contributed by atoms with E-state index in [4.69, 9.17) is 17.3 Å². The number of ketones is 1. The number of carbonyl (C=O) groups is 2. The van der Waals surface area contributed by atoms with Crippen LogP contribution < -0.4 is 5.73 Å². The third kappa shape index (κ3) is 3.35. The van der Waals surface area contributed by atoms with E-state index in [1.807, 2.05) is 0 Å². The summed E-state index contributed by atoms with van der Waals surface area (Å²) in [7, 11) is 0. The van der Waals surface area contributed by atoms with Gasteiger partial charge in [0.05, 0.1) is 5.56 Å². The number of amides is 1. The lowest BCUT2D eigenvalue weighted by atomic mass is 9.97. The van der Waals surface area contributed by atoms with Crippen molar-refractivity contribution >= 4 is 23.3 Å². The predicted octanol–water partition coefficient (Wildman–Crippen LogP) is 2.99. The van der Waals surface area contributed by atoms with Gasteiger partial charge in [-0.05, 0) is 49.2 Å². The van der Waals surface area contributed by atoms with E-state index in [0.717, 1.165) is 6.42 Å². The maximum absolute atomic E-state index is 12.8. The molecule has 0 radical (unpaired) electrons. The van der Waals surface area contributed by atoms with Crippen molar-refractivity contribution in [2.75, 3.05) is 19.6 Å². The fourth-order valence-electron chi connectivity index (χ4n) is 3.00. The molecule has 2 aromatic carbocycles. The second-order valence-corrected chi connectivity index (χ2v) is 6.46. The van der Waals surface area contributed by atoms with E-state index in [1.165, 1.54) is 0 Å². The van der Waals surface area contributed by atoms with Crippen LogP contribution in [-0.4, -0.2) is 36.2 Å². The summed E-state index contributed by atoms with van der Waals surface area (Å²) in [6.07, 6.45) is 0.912. The molecular weight excluding hydrogens is 324 g/mol. The highest BCUT2D eigenvalue weighted by atomic mass is 35.5. The Morgan fingerprint density at radius 1 is 1.08 bits per heavy atom. The van der Waals surface area contributed by atoms with E-state index in [-0.39, 0.29) is 11.7 Å². The van der Waals surface area contributed by atoms with E-state index in [1.54, 1.807) is 53.4 Å². The minimum Gasteiger partial charge on any atom is -0.338 e. The fraction of sp³-hybridized carbons (Fsp3) is 0.263. The molecule has 0 aliphatic carbocycles. The van der Waals surface area contributed by atoms with Crippen LogP contribution in [0.5, 0.6) is 0 Å². The van der Waals surface area contributed by atoms with E-state index in [9.17, 15) is 9.59 Å². The molecule has 0 saturated carbocycles. The summed E-state index contributed by atoms with van der Waals surface area (Å²) < 4.78 is 0. The van der Waals surface area contributed by atoms with Gasteiger partial charge in [-0.2, -0.15) is 0 Å². The van der Waals surface area contributed by atoms with Crippen LogP contribution in [-0.2, 0) is 0 Å². The van der Waals surface area contributed by atoms with E-state index < -0.39 is 0 Å². The van der Waals surface area contributed by atoms with Gasteiger partial charge in [-0.3, -0.25) is 9.59 Å². The normalized spacial score (nSPS) is 17.1. The highest BCUT2D eigenvalue weighted by Crippen LogP contribution is 2.22. The molecule has 1 fully saturated rings. The van der Waals surface area contributed by atoms with Crippen LogP contribution in [0.3, 0.4) is 0 Å². The average molecular weight is 343 g/mol. The lowest BCUT2D eigenvalue weighted by Crippen LogP contribution is -2.31. The average Bonchev–Trinajstić information content (AvgIpc) is 3.10. The summed E-state index contributed by atoms with van der Waals surface area (Å²) in [6.45, 7) is 1.91. The zero-order valence-electron chi connectivity index (χ0n) is 13.2. The fourth-order valence-corrected chi connectivity index (χ4v) is 3.13. The van der Waals surface area contributed by atoms with Crippen molar-refractivity contribution in [2.24, 2.45) is 11.7 Å². The van der Waals surface area contributed by atoms with Gasteiger partial charge in [0.25, 0.3) is 5.91 Å². The summed E-state index contributed by atoms with van der Waals surface area (Å²) in [5.41, 5.74) is 7.07. The molecular formula is C19H19ClN2O2. The van der Waals surface area contributed by atoms with Gasteiger partial charge in [0.2, 0.25) is 0 Å². The van der Waals surface area contributed by atoms with E-state index in [2.05, 4.69) is 0 Å². The number of likely N-dealkylation sites (tertiary alicyclic amines) is 1. The Kier molecular flexibility index (Phi) is 4.97. The molecule has 0 unspecified atom stereocenters. The van der Waals surface area contributed by atoms with Gasteiger partial charge in [0, 0.05) is 29.2 Å². The molecule has 24 heavy (non-hydrogen) atoms. The molecule has 1 amide bonds. The third-order valence-corrected chi connectivity index (χ3v) is 4.67. The molecule has 2 N–H and O–H groups in total. The summed E-state index contributed by atoms with van der Waals surface area (Å²) in [6, 6.07) is 13.6. The maximum Gasteiger partial charge on any atom is 0.254 e. The molecule has 1 heterocycles. The van der Waals surface area contributed by atoms with E-state index in [0.29, 0.717) is 47.3 Å². The number of hydrogen-bond acceptors (Lipinski definition) is 3. The molecule has 0 spiro atoms. The molecule has 124 valence electrons. The van der Waals surface area contributed by atoms with Crippen molar-refractivity contribution in [3.63, 3.8) is 0 Å². The molecule has 4 nitrogen and oxygen atoms in total. The first-order valence-corrected chi connectivity index (χ1v) is 8.36. The number of carbonyl (C=O) groups excluding carboxylic acids is 2. The first-order chi connectivity index (χ1) is 11.6. The molecule has 1 aliphatic rings. The van der Waals surface area contributed by atoms with Crippen molar-refractivity contribution in [3.8, 4) is 0 Å². The van der Waals surface area contributed by atoms with Crippen LogP contribution in [0.4, 0.5) is 0 Å². The monoisotopic (exact) mass is 342 g/mol. The van der Waals surface area contributed by atoms with Crippen molar-refractivity contribution in [3.05, 3.63) is 70.2 Å². The topological polar surface area (TPSA) is 63.4 Å². The number of benzene rings is 2. The molecule has 2 aromatic rings. The molecule has 5 heteroatoms. The summed E-state index contributed by atoms with van der Waals surface area (Å²) in [4.78, 5) is 27.4. The minimum absolute atomic E-state index is 0.108. The number of nitrogens with zero attached hydrogens (tertiary/aromatic N) is 1. The highest BCUT2D eigenvalue weighted by Gasteiger charge is 2.28. The van der Waals surface area contributed by atoms with Crippen molar-refractivity contribution < 1.29 is 9.59 Å². The van der Waals surface area contributed by atoms with Gasteiger partial charge in [0.15, 0.2) is 5.78 Å². The predicted molar refractivity (Wildman–Crippen MR) is 94.4 cm³/mol. The number of rotatable bonds is 4. The molecule has 1 saturated heterocycles. The van der Waals surface area contributed by atoms with Gasteiger partial charge in [-0.15, -0.1) is 0 Å². The number of hydrogen-bond donors (Lipinski definition) is 1. The summed E-state index contributed by atoms with van der Waals surface area (Å²) >= 11 is 5.88. The largest absolute Gasteiger partial charge is 0.338 e. The first-order valence-electron chi connectivity index (χ1n) is 7.99. The van der Waals surface area contributed by atoms with Crippen LogP contribution in [0.1, 0.15) is 32.7 Å². The van der Waals surface area contributed by atoms with Crippen LogP contribution in [0, 0.1) is 5.92 Å². The molecule has 0 bridgehead atoms. The lowest BCUT2D eigenvalue weighted by molar-refractivity contribution is 0.0783. The number of nitrogens with two attached hydrogens (primary N) is 1. The lowest BCUT2D eigenvalue weighted by Gasteiger charge is -2.18. The second kappa shape index (κ2) is 7.16. The van der Waals surface area contributed by atoms with Crippen LogP contribution in [0.25, 0.3) is 0 Å². The Hall–Kier alpha value is -2.17. The van der Waals surface area contributed by atoms with Gasteiger partial charge in [0.1, 0.15) is 0 Å². The maximum atomic E-state index is 12.8. The summed E-state index contributed by atoms with van der Waals surface area (Å²) in [5.74, 6) is 0.0575. The van der Waals surface area contributed by atoms with E-state index >= 15 is 0 Å². The Labute approximate surface area is 146 Å². The molecule has 1 aliphatic heterocycles. The smallest absolute Gasteiger partial charge is 0.254 e. The van der Waals surface area contributed by atoms with Gasteiger partial charge >= 0.3 is 0 Å². The molecule has 0 aromatic heterocycles. The van der Waals surface area contributed by atoms with Gasteiger partial charge in [-0.25, -0.2) is 0 Å². The third-order valence-electron chi connectivity index (χ3n) is 4.41. The molecule has 3 rings (SSSR count). The zero-order chi connectivity index (χ0) is 17.1. The second-order valence-electron chi connectivity index (χ2n) is 6.02. The highest BCUT2D eigenvalue weighted by molar-refractivity contribution is 6.30. The minimum atomic E-state index is -0.176. The van der Waals surface area contributed by atoms with Crippen molar-refractivity contribution in [2.45, 2.75) is 6.42 Å². The zero-order valence-corrected chi connectivity index (χ0v) is 14.0. The summed E-state index contributed by atoms with van der Waals surface area (Å²) in [5, 5.41) is 0.570.